The molecule has 0 aliphatic carbocycles. The van der Waals surface area contributed by atoms with Crippen LogP contribution >= 0.6 is 11.3 Å². The quantitative estimate of drug-likeness (QED) is 0.658. The van der Waals surface area contributed by atoms with Crippen molar-refractivity contribution in [3.8, 4) is 0 Å². The molecule has 2 aromatic rings. The zero-order chi connectivity index (χ0) is 12.5. The number of thiazole rings is 1. The van der Waals surface area contributed by atoms with Crippen molar-refractivity contribution in [2.75, 3.05) is 16.9 Å². The SMILES string of the molecule is NNc1ncc(CN2CCc3ccc(F)cc32)s1. The highest BCUT2D eigenvalue weighted by Crippen LogP contribution is 2.31. The van der Waals surface area contributed by atoms with E-state index in [2.05, 4.69) is 15.3 Å². The third-order valence-electron chi connectivity index (χ3n) is 3.06. The summed E-state index contributed by atoms with van der Waals surface area (Å²) in [4.78, 5) is 7.42. The third-order valence-corrected chi connectivity index (χ3v) is 3.98. The molecule has 3 N–H and O–H groups in total. The van der Waals surface area contributed by atoms with Crippen LogP contribution in [0.3, 0.4) is 0 Å². The van der Waals surface area contributed by atoms with Gasteiger partial charge in [0.15, 0.2) is 5.13 Å². The van der Waals surface area contributed by atoms with E-state index in [0.29, 0.717) is 5.13 Å². The highest BCUT2D eigenvalue weighted by molar-refractivity contribution is 7.15. The topological polar surface area (TPSA) is 54.2 Å². The van der Waals surface area contributed by atoms with Gasteiger partial charge in [-0.3, -0.25) is 5.43 Å². The lowest BCUT2D eigenvalue weighted by Gasteiger charge is -2.18. The Labute approximate surface area is 108 Å². The molecule has 0 saturated heterocycles. The molecule has 0 bridgehead atoms. The zero-order valence-corrected chi connectivity index (χ0v) is 10.5. The van der Waals surface area contributed by atoms with Crippen LogP contribution in [-0.4, -0.2) is 11.5 Å². The maximum Gasteiger partial charge on any atom is 0.197 e. The highest BCUT2D eigenvalue weighted by atomic mass is 32.1. The number of rotatable bonds is 3. The monoisotopic (exact) mass is 264 g/mol. The Hall–Kier alpha value is -1.66. The van der Waals surface area contributed by atoms with Crippen molar-refractivity contribution < 1.29 is 4.39 Å². The Kier molecular flexibility index (Phi) is 2.89. The summed E-state index contributed by atoms with van der Waals surface area (Å²) in [7, 11) is 0. The zero-order valence-electron chi connectivity index (χ0n) is 9.69. The van der Waals surface area contributed by atoms with Gasteiger partial charge in [0.1, 0.15) is 5.82 Å². The van der Waals surface area contributed by atoms with Gasteiger partial charge in [-0.25, -0.2) is 15.2 Å². The summed E-state index contributed by atoms with van der Waals surface area (Å²) in [6.45, 7) is 1.66. The molecule has 0 spiro atoms. The van der Waals surface area contributed by atoms with Crippen LogP contribution in [0.25, 0.3) is 0 Å². The van der Waals surface area contributed by atoms with Crippen molar-refractivity contribution >= 4 is 22.2 Å². The van der Waals surface area contributed by atoms with Gasteiger partial charge in [0.2, 0.25) is 0 Å². The van der Waals surface area contributed by atoms with Gasteiger partial charge in [0, 0.05) is 23.3 Å². The molecule has 1 aromatic heterocycles. The lowest BCUT2D eigenvalue weighted by molar-refractivity contribution is 0.627. The Morgan fingerprint density at radius 1 is 1.50 bits per heavy atom. The normalized spacial score (nSPS) is 13.8. The fourth-order valence-electron chi connectivity index (χ4n) is 2.22. The number of nitrogens with two attached hydrogens (primary N) is 1. The lowest BCUT2D eigenvalue weighted by atomic mass is 10.2. The predicted molar refractivity (Wildman–Crippen MR) is 71.1 cm³/mol. The Bertz CT molecular complexity index is 569. The molecule has 1 aliphatic heterocycles. The van der Waals surface area contributed by atoms with Crippen LogP contribution in [0, 0.1) is 5.82 Å². The van der Waals surface area contributed by atoms with E-state index in [1.54, 1.807) is 12.3 Å². The Balaban J connectivity index is 1.81. The minimum absolute atomic E-state index is 0.186. The first-order valence-electron chi connectivity index (χ1n) is 5.71. The fourth-order valence-corrected chi connectivity index (χ4v) is 2.96. The first-order chi connectivity index (χ1) is 8.76. The van der Waals surface area contributed by atoms with E-state index in [-0.39, 0.29) is 5.82 Å². The average Bonchev–Trinajstić information content (AvgIpc) is 2.97. The maximum absolute atomic E-state index is 13.3. The van der Waals surface area contributed by atoms with Gasteiger partial charge >= 0.3 is 0 Å². The standard InChI is InChI=1S/C12H13FN4S/c13-9-2-1-8-3-4-17(11(8)5-9)7-10-6-15-12(16-14)18-10/h1-2,5-6H,3-4,7,14H2,(H,15,16). The number of hydrogen-bond acceptors (Lipinski definition) is 5. The number of nitrogen functional groups attached to an aromatic ring is 1. The second-order valence-corrected chi connectivity index (χ2v) is 5.34. The molecular formula is C12H13FN4S. The Morgan fingerprint density at radius 3 is 3.17 bits per heavy atom. The highest BCUT2D eigenvalue weighted by Gasteiger charge is 2.20. The summed E-state index contributed by atoms with van der Waals surface area (Å²) in [5, 5.41) is 0.698. The molecule has 0 atom stereocenters. The van der Waals surface area contributed by atoms with Crippen LogP contribution in [0.5, 0.6) is 0 Å². The van der Waals surface area contributed by atoms with Crippen LogP contribution in [0.1, 0.15) is 10.4 Å². The molecule has 6 heteroatoms. The summed E-state index contributed by atoms with van der Waals surface area (Å²) in [5.74, 6) is 5.12. The molecule has 1 aromatic carbocycles. The number of nitrogens with zero attached hydrogens (tertiary/aromatic N) is 2. The molecule has 18 heavy (non-hydrogen) atoms. The molecule has 0 unspecified atom stereocenters. The second kappa shape index (κ2) is 4.55. The van der Waals surface area contributed by atoms with E-state index in [1.165, 1.54) is 23.0 Å². The van der Waals surface area contributed by atoms with Crippen LogP contribution < -0.4 is 16.2 Å². The molecule has 0 amide bonds. The molecule has 0 fully saturated rings. The number of aromatic nitrogens is 1. The van der Waals surface area contributed by atoms with Crippen molar-refractivity contribution in [2.24, 2.45) is 5.84 Å². The van der Waals surface area contributed by atoms with E-state index in [1.807, 2.05) is 6.07 Å². The molecule has 4 nitrogen and oxygen atoms in total. The second-order valence-electron chi connectivity index (χ2n) is 4.22. The van der Waals surface area contributed by atoms with Gasteiger partial charge in [-0.15, -0.1) is 0 Å². The minimum atomic E-state index is -0.186. The minimum Gasteiger partial charge on any atom is -0.366 e. The summed E-state index contributed by atoms with van der Waals surface area (Å²) in [6, 6.07) is 4.99. The molecule has 94 valence electrons. The number of nitrogens with one attached hydrogen (secondary N) is 1. The van der Waals surface area contributed by atoms with E-state index in [9.17, 15) is 4.39 Å². The largest absolute Gasteiger partial charge is 0.366 e. The molecule has 2 heterocycles. The number of halogens is 1. The summed E-state index contributed by atoms with van der Waals surface area (Å²) in [5.41, 5.74) is 4.73. The summed E-state index contributed by atoms with van der Waals surface area (Å²) < 4.78 is 13.3. The van der Waals surface area contributed by atoms with Crippen molar-refractivity contribution in [1.82, 2.24) is 4.98 Å². The van der Waals surface area contributed by atoms with Crippen LogP contribution in [-0.2, 0) is 13.0 Å². The van der Waals surface area contributed by atoms with Crippen molar-refractivity contribution in [1.29, 1.82) is 0 Å². The summed E-state index contributed by atoms with van der Waals surface area (Å²) >= 11 is 1.52. The van der Waals surface area contributed by atoms with Crippen molar-refractivity contribution in [3.05, 3.63) is 40.7 Å². The maximum atomic E-state index is 13.3. The summed E-state index contributed by atoms with van der Waals surface area (Å²) in [6.07, 6.45) is 2.77. The molecular weight excluding hydrogens is 251 g/mol. The predicted octanol–water partition coefficient (Wildman–Crippen LogP) is 2.13. The lowest BCUT2D eigenvalue weighted by Crippen LogP contribution is -2.19. The van der Waals surface area contributed by atoms with Gasteiger partial charge < -0.3 is 4.90 Å². The number of benzene rings is 1. The number of hydrogen-bond donors (Lipinski definition) is 2. The smallest absolute Gasteiger partial charge is 0.197 e. The Morgan fingerprint density at radius 2 is 2.39 bits per heavy atom. The third kappa shape index (κ3) is 2.04. The number of anilines is 2. The van der Waals surface area contributed by atoms with Gasteiger partial charge in [-0.05, 0) is 24.1 Å². The van der Waals surface area contributed by atoms with Crippen molar-refractivity contribution in [3.63, 3.8) is 0 Å². The van der Waals surface area contributed by atoms with Gasteiger partial charge in [-0.1, -0.05) is 17.4 Å². The molecule has 0 saturated carbocycles. The first-order valence-corrected chi connectivity index (χ1v) is 6.52. The van der Waals surface area contributed by atoms with E-state index in [0.717, 1.165) is 30.1 Å². The first kappa shape index (κ1) is 11.4. The van der Waals surface area contributed by atoms with E-state index < -0.39 is 0 Å². The molecule has 1 aliphatic rings. The number of hydrazine groups is 1. The molecule has 0 radical (unpaired) electrons. The average molecular weight is 264 g/mol. The fraction of sp³-hybridized carbons (Fsp3) is 0.250. The van der Waals surface area contributed by atoms with E-state index >= 15 is 0 Å². The van der Waals surface area contributed by atoms with Crippen LogP contribution in [0.4, 0.5) is 15.2 Å². The van der Waals surface area contributed by atoms with Crippen molar-refractivity contribution in [2.45, 2.75) is 13.0 Å². The molecule has 3 rings (SSSR count). The van der Waals surface area contributed by atoms with Crippen LogP contribution in [0.2, 0.25) is 0 Å². The van der Waals surface area contributed by atoms with E-state index in [4.69, 9.17) is 5.84 Å². The van der Waals surface area contributed by atoms with Gasteiger partial charge in [-0.2, -0.15) is 0 Å². The van der Waals surface area contributed by atoms with Gasteiger partial charge in [0.25, 0.3) is 0 Å². The van der Waals surface area contributed by atoms with Crippen LogP contribution in [0.15, 0.2) is 24.4 Å². The number of fused-ring (bicyclic) bond motifs is 1. The van der Waals surface area contributed by atoms with Gasteiger partial charge in [0.05, 0.1) is 6.54 Å².